The first-order chi connectivity index (χ1) is 10.3. The van der Waals surface area contributed by atoms with Gasteiger partial charge in [-0.2, -0.15) is 0 Å². The standard InChI is InChI=1S/C16H16N2O2S/c19-16(15(21)17-11-13-7-4-10-20-13)18-9-3-6-12-5-1-2-8-14(12)18/h1-2,4-5,7-8,10H,3,6,9,11H2,(H,17,21). The number of para-hydroxylation sites is 1. The van der Waals surface area contributed by atoms with Gasteiger partial charge in [0.25, 0.3) is 5.91 Å². The van der Waals surface area contributed by atoms with E-state index in [1.165, 1.54) is 5.56 Å². The number of furan rings is 1. The molecular weight excluding hydrogens is 284 g/mol. The molecule has 1 N–H and O–H groups in total. The molecule has 0 spiro atoms. The highest BCUT2D eigenvalue weighted by Gasteiger charge is 2.24. The second kappa shape index (κ2) is 6.10. The van der Waals surface area contributed by atoms with Crippen molar-refractivity contribution in [3.05, 3.63) is 54.0 Å². The van der Waals surface area contributed by atoms with Crippen molar-refractivity contribution in [2.75, 3.05) is 11.4 Å². The Balaban J connectivity index is 1.69. The molecule has 3 rings (SSSR count). The summed E-state index contributed by atoms with van der Waals surface area (Å²) in [5.74, 6) is 0.605. The molecule has 0 unspecified atom stereocenters. The van der Waals surface area contributed by atoms with Crippen molar-refractivity contribution in [1.29, 1.82) is 0 Å². The molecule has 5 heteroatoms. The van der Waals surface area contributed by atoms with Crippen LogP contribution in [0.2, 0.25) is 0 Å². The van der Waals surface area contributed by atoms with E-state index in [2.05, 4.69) is 11.4 Å². The second-order valence-corrected chi connectivity index (χ2v) is 5.36. The summed E-state index contributed by atoms with van der Waals surface area (Å²) >= 11 is 5.22. The van der Waals surface area contributed by atoms with Crippen LogP contribution in [0.5, 0.6) is 0 Å². The maximum absolute atomic E-state index is 12.5. The number of thiocarbonyl (C=S) groups is 1. The number of benzene rings is 1. The fourth-order valence-electron chi connectivity index (χ4n) is 2.52. The SMILES string of the molecule is O=C(C(=S)NCc1ccco1)N1CCCc2ccccc21. The molecule has 0 saturated heterocycles. The second-order valence-electron chi connectivity index (χ2n) is 4.95. The zero-order chi connectivity index (χ0) is 14.7. The van der Waals surface area contributed by atoms with Gasteiger partial charge >= 0.3 is 0 Å². The summed E-state index contributed by atoms with van der Waals surface area (Å²) in [5, 5.41) is 2.96. The van der Waals surface area contributed by atoms with Crippen LogP contribution >= 0.6 is 12.2 Å². The van der Waals surface area contributed by atoms with Gasteiger partial charge in [-0.3, -0.25) is 4.79 Å². The first kappa shape index (κ1) is 13.8. The lowest BCUT2D eigenvalue weighted by atomic mass is 10.0. The summed E-state index contributed by atoms with van der Waals surface area (Å²) in [6.07, 6.45) is 3.57. The highest BCUT2D eigenvalue weighted by molar-refractivity contribution is 7.82. The van der Waals surface area contributed by atoms with Crippen LogP contribution in [0.1, 0.15) is 17.7 Å². The Labute approximate surface area is 128 Å². The van der Waals surface area contributed by atoms with E-state index in [-0.39, 0.29) is 10.9 Å². The van der Waals surface area contributed by atoms with Crippen molar-refractivity contribution < 1.29 is 9.21 Å². The lowest BCUT2D eigenvalue weighted by molar-refractivity contribution is -0.112. The van der Waals surface area contributed by atoms with Crippen molar-refractivity contribution in [3.8, 4) is 0 Å². The molecule has 0 saturated carbocycles. The van der Waals surface area contributed by atoms with E-state index in [4.69, 9.17) is 16.6 Å². The molecule has 2 heterocycles. The quantitative estimate of drug-likeness (QED) is 0.866. The summed E-state index contributed by atoms with van der Waals surface area (Å²) in [5.41, 5.74) is 2.17. The molecule has 1 aliphatic heterocycles. The average Bonchev–Trinajstić information content (AvgIpc) is 3.05. The third-order valence-corrected chi connectivity index (χ3v) is 3.87. The number of rotatable bonds is 2. The van der Waals surface area contributed by atoms with Gasteiger partial charge in [-0.25, -0.2) is 0 Å². The van der Waals surface area contributed by atoms with E-state index >= 15 is 0 Å². The van der Waals surface area contributed by atoms with E-state index in [9.17, 15) is 4.79 Å². The Hall–Kier alpha value is -2.14. The largest absolute Gasteiger partial charge is 0.467 e. The first-order valence-electron chi connectivity index (χ1n) is 6.95. The van der Waals surface area contributed by atoms with E-state index in [1.807, 2.05) is 30.3 Å². The lowest BCUT2D eigenvalue weighted by Crippen LogP contribution is -2.44. The van der Waals surface area contributed by atoms with Crippen LogP contribution in [0.25, 0.3) is 0 Å². The smallest absolute Gasteiger partial charge is 0.285 e. The Kier molecular flexibility index (Phi) is 4.01. The third kappa shape index (κ3) is 2.97. The number of aryl methyl sites for hydroxylation is 1. The summed E-state index contributed by atoms with van der Waals surface area (Å²) < 4.78 is 5.22. The summed E-state index contributed by atoms with van der Waals surface area (Å²) in [4.78, 5) is 14.5. The van der Waals surface area contributed by atoms with E-state index in [0.717, 1.165) is 24.3 Å². The van der Waals surface area contributed by atoms with Gasteiger partial charge < -0.3 is 14.6 Å². The van der Waals surface area contributed by atoms with Crippen LogP contribution in [0, 0.1) is 0 Å². The Morgan fingerprint density at radius 1 is 1.29 bits per heavy atom. The lowest BCUT2D eigenvalue weighted by Gasteiger charge is -2.29. The van der Waals surface area contributed by atoms with Crippen LogP contribution in [0.15, 0.2) is 47.1 Å². The predicted octanol–water partition coefficient (Wildman–Crippen LogP) is 2.68. The van der Waals surface area contributed by atoms with Crippen molar-refractivity contribution in [2.24, 2.45) is 0 Å². The monoisotopic (exact) mass is 300 g/mol. The molecule has 0 bridgehead atoms. The predicted molar refractivity (Wildman–Crippen MR) is 85.3 cm³/mol. The molecule has 108 valence electrons. The minimum atomic E-state index is -0.149. The molecule has 1 aromatic heterocycles. The van der Waals surface area contributed by atoms with Crippen LogP contribution in [0.4, 0.5) is 5.69 Å². The normalized spacial score (nSPS) is 13.6. The van der Waals surface area contributed by atoms with E-state index in [0.29, 0.717) is 13.1 Å². The zero-order valence-corrected chi connectivity index (χ0v) is 12.4. The van der Waals surface area contributed by atoms with Gasteiger partial charge in [0.15, 0.2) is 4.99 Å². The van der Waals surface area contributed by atoms with E-state index < -0.39 is 0 Å². The van der Waals surface area contributed by atoms with Gasteiger partial charge in [-0.05, 0) is 36.6 Å². The molecule has 1 aromatic carbocycles. The van der Waals surface area contributed by atoms with Crippen molar-refractivity contribution >= 4 is 28.8 Å². The number of fused-ring (bicyclic) bond motifs is 1. The highest BCUT2D eigenvalue weighted by atomic mass is 32.1. The Bertz CT molecular complexity index is 652. The molecule has 0 fully saturated rings. The molecule has 2 aromatic rings. The Morgan fingerprint density at radius 3 is 2.95 bits per heavy atom. The van der Waals surface area contributed by atoms with Crippen LogP contribution in [-0.4, -0.2) is 17.4 Å². The highest BCUT2D eigenvalue weighted by Crippen LogP contribution is 2.26. The summed E-state index contributed by atoms with van der Waals surface area (Å²) in [7, 11) is 0. The third-order valence-electron chi connectivity index (χ3n) is 3.55. The molecule has 0 atom stereocenters. The molecule has 4 nitrogen and oxygen atoms in total. The number of amides is 1. The molecule has 0 radical (unpaired) electrons. The average molecular weight is 300 g/mol. The molecular formula is C16H16N2O2S. The number of anilines is 1. The fraction of sp³-hybridized carbons (Fsp3) is 0.250. The fourth-order valence-corrected chi connectivity index (χ4v) is 2.71. The van der Waals surface area contributed by atoms with Gasteiger partial charge in [0, 0.05) is 12.2 Å². The number of hydrogen-bond acceptors (Lipinski definition) is 3. The minimum absolute atomic E-state index is 0.149. The van der Waals surface area contributed by atoms with Gasteiger partial charge in [0.05, 0.1) is 12.8 Å². The topological polar surface area (TPSA) is 45.5 Å². The van der Waals surface area contributed by atoms with Gasteiger partial charge in [-0.1, -0.05) is 30.4 Å². The van der Waals surface area contributed by atoms with Crippen LogP contribution in [-0.2, 0) is 17.8 Å². The van der Waals surface area contributed by atoms with Crippen molar-refractivity contribution in [3.63, 3.8) is 0 Å². The number of carbonyl (C=O) groups is 1. The number of carbonyl (C=O) groups excluding carboxylic acids is 1. The molecule has 0 aliphatic carbocycles. The maximum Gasteiger partial charge on any atom is 0.285 e. The number of nitrogens with one attached hydrogen (secondary N) is 1. The molecule has 1 aliphatic rings. The first-order valence-corrected chi connectivity index (χ1v) is 7.36. The Morgan fingerprint density at radius 2 is 2.14 bits per heavy atom. The van der Waals surface area contributed by atoms with Crippen molar-refractivity contribution in [1.82, 2.24) is 5.32 Å². The minimum Gasteiger partial charge on any atom is -0.467 e. The zero-order valence-electron chi connectivity index (χ0n) is 11.5. The van der Waals surface area contributed by atoms with Gasteiger partial charge in [0.2, 0.25) is 0 Å². The van der Waals surface area contributed by atoms with Gasteiger partial charge in [0.1, 0.15) is 5.76 Å². The maximum atomic E-state index is 12.5. The van der Waals surface area contributed by atoms with Crippen molar-refractivity contribution in [2.45, 2.75) is 19.4 Å². The van der Waals surface area contributed by atoms with Gasteiger partial charge in [-0.15, -0.1) is 0 Å². The van der Waals surface area contributed by atoms with Crippen LogP contribution in [0.3, 0.4) is 0 Å². The molecule has 1 amide bonds. The molecule has 21 heavy (non-hydrogen) atoms. The number of hydrogen-bond donors (Lipinski definition) is 1. The number of nitrogens with zero attached hydrogens (tertiary/aromatic N) is 1. The summed E-state index contributed by atoms with van der Waals surface area (Å²) in [6.45, 7) is 1.13. The summed E-state index contributed by atoms with van der Waals surface area (Å²) in [6, 6.07) is 11.6. The van der Waals surface area contributed by atoms with Crippen LogP contribution < -0.4 is 10.2 Å². The van der Waals surface area contributed by atoms with E-state index in [1.54, 1.807) is 11.2 Å².